The second-order valence-corrected chi connectivity index (χ2v) is 15.2. The summed E-state index contributed by atoms with van der Waals surface area (Å²) in [5.41, 5.74) is -3.22. The summed E-state index contributed by atoms with van der Waals surface area (Å²) in [5, 5.41) is 20.0. The number of allylic oxidation sites excluding steroid dienone is 2. The minimum Gasteiger partial charge on any atom is -0.458 e. The van der Waals surface area contributed by atoms with E-state index in [1.807, 2.05) is 6.92 Å². The van der Waals surface area contributed by atoms with Crippen molar-refractivity contribution in [2.24, 2.45) is 17.3 Å². The second kappa shape index (κ2) is 17.1. The van der Waals surface area contributed by atoms with Crippen molar-refractivity contribution < 1.29 is 68.8 Å². The van der Waals surface area contributed by atoms with E-state index in [9.17, 15) is 39.0 Å². The predicted molar refractivity (Wildman–Crippen MR) is 186 cm³/mol. The van der Waals surface area contributed by atoms with E-state index in [2.05, 4.69) is 29.1 Å². The third-order valence-electron chi connectivity index (χ3n) is 9.83. The fourth-order valence-corrected chi connectivity index (χ4v) is 8.75. The van der Waals surface area contributed by atoms with Crippen molar-refractivity contribution in [2.75, 3.05) is 0 Å². The Morgan fingerprint density at radius 1 is 0.725 bits per heavy atom. The average molecular weight is 788 g/mol. The highest BCUT2D eigenvalue weighted by Gasteiger charge is 2.60. The normalized spacial score (nSPS) is 39.3. The summed E-state index contributed by atoms with van der Waals surface area (Å²) in [7, 11) is 0. The van der Waals surface area contributed by atoms with E-state index in [4.69, 9.17) is 28.4 Å². The van der Waals surface area contributed by atoms with Crippen molar-refractivity contribution in [3.05, 3.63) is 25.3 Å². The number of aliphatic hydroxyl groups is 2. The van der Waals surface area contributed by atoms with E-state index in [1.165, 1.54) is 20.8 Å². The molecule has 6 aliphatic rings. The number of halogens is 1. The van der Waals surface area contributed by atoms with Gasteiger partial charge in [0.05, 0.1) is 10.2 Å². The number of carbonyl (C=O) groups excluding carboxylic acids is 6. The fraction of sp³-hybridized carbons (Fsp3) is 0.714. The van der Waals surface area contributed by atoms with Gasteiger partial charge in [-0.15, -0.1) is 13.2 Å². The van der Waals surface area contributed by atoms with Crippen molar-refractivity contribution in [2.45, 2.75) is 139 Å². The standard InChI is InChI=1S/C13H18O4.C12H16O5.C9H11BrO5.CH4.B.H2/c1-4-5-9-6-13(3)7-10(17-12(13)15)11(9)16-8(2)14;1-3-4-8-5-12(15)6-9(17-11(12)14)10(8)16-7(2)13;1-4(11)14-7-5(10)2-9(13)3-6(7)15-8(9)12;;;/h4,9-11H,1,5-7H2,2-3H3;3,8-10,15H,1,4-6H2,2H3;5-7,13H,2-3H2,1H3;1H4;;1H/t9-,10+,11+,13+;8-,9+,10+,12-;5-,6+,7+,9-;;;/m000.../s1/i;;;;;1+1. The van der Waals surface area contributed by atoms with Gasteiger partial charge in [0.2, 0.25) is 0 Å². The van der Waals surface area contributed by atoms with Crippen LogP contribution >= 0.6 is 15.9 Å². The Morgan fingerprint density at radius 2 is 1.10 bits per heavy atom. The number of ether oxygens (including phenoxy) is 6. The lowest BCUT2D eigenvalue weighted by Crippen LogP contribution is -2.47. The number of hydrogen-bond acceptors (Lipinski definition) is 14. The lowest BCUT2D eigenvalue weighted by Gasteiger charge is -2.36. The number of alkyl halides is 1. The van der Waals surface area contributed by atoms with Crippen molar-refractivity contribution in [3.63, 3.8) is 0 Å². The monoisotopic (exact) mass is 786 g/mol. The highest BCUT2D eigenvalue weighted by atomic mass is 79.9. The first kappa shape index (κ1) is 43.9. The first-order chi connectivity index (χ1) is 22.8. The second-order valence-electron chi connectivity index (χ2n) is 14.0. The van der Waals surface area contributed by atoms with E-state index in [1.54, 1.807) is 12.2 Å². The Balaban J connectivity index is 0.000000380. The summed E-state index contributed by atoms with van der Waals surface area (Å²) < 4.78 is 31.0. The van der Waals surface area contributed by atoms with Crippen molar-refractivity contribution in [1.29, 1.82) is 0 Å². The van der Waals surface area contributed by atoms with Gasteiger partial charge in [0.25, 0.3) is 0 Å². The lowest BCUT2D eigenvalue weighted by molar-refractivity contribution is -0.162. The molecule has 0 aromatic carbocycles. The zero-order valence-corrected chi connectivity index (χ0v) is 30.3. The maximum absolute atomic E-state index is 11.8. The first-order valence-corrected chi connectivity index (χ1v) is 17.2. The summed E-state index contributed by atoms with van der Waals surface area (Å²) in [6, 6.07) is 0. The van der Waals surface area contributed by atoms with Gasteiger partial charge in [0, 0.05) is 68.1 Å². The molecule has 6 rings (SSSR count). The lowest BCUT2D eigenvalue weighted by atomic mass is 9.69. The van der Waals surface area contributed by atoms with Gasteiger partial charge >= 0.3 is 35.8 Å². The van der Waals surface area contributed by atoms with Crippen LogP contribution in [-0.4, -0.2) is 107 Å². The van der Waals surface area contributed by atoms with E-state index in [-0.39, 0.29) is 83.8 Å². The molecule has 0 aromatic heterocycles. The van der Waals surface area contributed by atoms with E-state index >= 15 is 0 Å². The molecule has 6 bridgehead atoms. The van der Waals surface area contributed by atoms with Crippen LogP contribution in [0.25, 0.3) is 0 Å². The van der Waals surface area contributed by atoms with Crippen molar-refractivity contribution in [1.82, 2.24) is 0 Å². The Morgan fingerprint density at radius 3 is 1.55 bits per heavy atom. The molecular weight excluding hydrogens is 735 g/mol. The molecule has 3 heterocycles. The van der Waals surface area contributed by atoms with Crippen LogP contribution in [0.15, 0.2) is 25.3 Å². The highest BCUT2D eigenvalue weighted by molar-refractivity contribution is 9.09. The molecule has 12 atom stereocenters. The van der Waals surface area contributed by atoms with E-state index < -0.39 is 64.9 Å². The fourth-order valence-electron chi connectivity index (χ4n) is 7.76. The van der Waals surface area contributed by atoms with Crippen LogP contribution in [0.2, 0.25) is 0 Å². The molecular formula is C35H51BBrO14. The van der Waals surface area contributed by atoms with Gasteiger partial charge in [-0.3, -0.25) is 19.2 Å². The van der Waals surface area contributed by atoms with Crippen LogP contribution in [0.1, 0.15) is 87.9 Å². The number of carbonyl (C=O) groups is 6. The van der Waals surface area contributed by atoms with E-state index in [0.717, 1.165) is 6.42 Å². The van der Waals surface area contributed by atoms with Crippen molar-refractivity contribution in [3.8, 4) is 0 Å². The van der Waals surface area contributed by atoms with E-state index in [0.29, 0.717) is 19.3 Å². The maximum atomic E-state index is 11.8. The molecule has 6 fully saturated rings. The molecule has 51 heavy (non-hydrogen) atoms. The van der Waals surface area contributed by atoms with Gasteiger partial charge in [0.15, 0.2) is 17.3 Å². The van der Waals surface area contributed by atoms with Gasteiger partial charge in [-0.2, -0.15) is 0 Å². The molecule has 14 nitrogen and oxygen atoms in total. The summed E-state index contributed by atoms with van der Waals surface area (Å²) in [4.78, 5) is 67.4. The Kier molecular flexibility index (Phi) is 14.7. The molecule has 0 spiro atoms. The van der Waals surface area contributed by atoms with Gasteiger partial charge < -0.3 is 38.6 Å². The number of esters is 6. The third kappa shape index (κ3) is 9.61. The Hall–Kier alpha value is -3.24. The van der Waals surface area contributed by atoms with Crippen LogP contribution in [0.5, 0.6) is 0 Å². The van der Waals surface area contributed by atoms with Gasteiger partial charge in [-0.25, -0.2) is 9.59 Å². The SMILES string of the molecule is C.C=CC[C@H]1C[C@]2(C)C[C@@H](OC2=O)[C@@H]1OC(C)=O.C=CC[C@H]1C[C@]2(O)C[C@@H](OC2=O)[C@@H]1OC(C)=O.CC(=O)O[C@@H]1[C@@H](Br)C[C@]2(O)C[C@H]1OC2=O.[2HH].[B]. The van der Waals surface area contributed by atoms with Gasteiger partial charge in [-0.1, -0.05) is 35.5 Å². The van der Waals surface area contributed by atoms with Crippen LogP contribution in [0, 0.1) is 17.3 Å². The average Bonchev–Trinajstić information content (AvgIpc) is 3.49. The van der Waals surface area contributed by atoms with Crippen LogP contribution in [0.4, 0.5) is 0 Å². The minimum absolute atomic E-state index is 0. The summed E-state index contributed by atoms with van der Waals surface area (Å²) in [6.45, 7) is 13.3. The Labute approximate surface area is 310 Å². The quantitative estimate of drug-likeness (QED) is 0.126. The topological polar surface area (TPSA) is 198 Å². The van der Waals surface area contributed by atoms with Gasteiger partial charge in [0.1, 0.15) is 30.5 Å². The molecule has 285 valence electrons. The molecule has 3 saturated heterocycles. The smallest absolute Gasteiger partial charge is 0.338 e. The molecule has 0 aromatic rings. The van der Waals surface area contributed by atoms with Crippen molar-refractivity contribution >= 4 is 60.2 Å². The highest BCUT2D eigenvalue weighted by Crippen LogP contribution is 2.49. The molecule has 3 aliphatic carbocycles. The maximum Gasteiger partial charge on any atom is 0.338 e. The molecule has 0 amide bonds. The Bertz CT molecular complexity index is 1310. The molecule has 3 saturated carbocycles. The predicted octanol–water partition coefficient (Wildman–Crippen LogP) is 3.03. The van der Waals surface area contributed by atoms with Gasteiger partial charge in [-0.05, 0) is 32.6 Å². The zero-order chi connectivity index (χ0) is 36.5. The zero-order valence-electron chi connectivity index (χ0n) is 28.7. The third-order valence-corrected chi connectivity index (χ3v) is 10.7. The van der Waals surface area contributed by atoms with Crippen LogP contribution in [-0.2, 0) is 57.2 Å². The largest absolute Gasteiger partial charge is 0.458 e. The van der Waals surface area contributed by atoms with Crippen LogP contribution in [0.3, 0.4) is 0 Å². The number of hydrogen-bond donors (Lipinski definition) is 2. The number of fused-ring (bicyclic) bond motifs is 6. The molecule has 3 radical (unpaired) electrons. The molecule has 2 N–H and O–H groups in total. The first-order valence-electron chi connectivity index (χ1n) is 16.3. The summed E-state index contributed by atoms with van der Waals surface area (Å²) in [6.07, 6.45) is 4.39. The summed E-state index contributed by atoms with van der Waals surface area (Å²) >= 11 is 3.30. The van der Waals surface area contributed by atoms with Crippen LogP contribution < -0.4 is 0 Å². The minimum atomic E-state index is -1.41. The molecule has 0 unspecified atom stereocenters. The molecule has 3 aliphatic heterocycles. The molecule has 16 heteroatoms. The summed E-state index contributed by atoms with van der Waals surface area (Å²) in [5.74, 6) is -2.52. The number of rotatable bonds is 7.